The lowest BCUT2D eigenvalue weighted by Gasteiger charge is -2.43. The fourth-order valence-electron chi connectivity index (χ4n) is 3.41. The van der Waals surface area contributed by atoms with Gasteiger partial charge in [-0.3, -0.25) is 0 Å². The van der Waals surface area contributed by atoms with Crippen LogP contribution in [0.4, 0.5) is 5.69 Å². The minimum Gasteiger partial charge on any atom is -0.382 e. The van der Waals surface area contributed by atoms with Gasteiger partial charge < -0.3 is 19.5 Å². The number of methoxy groups -OCH3 is 1. The molecule has 1 spiro atoms. The van der Waals surface area contributed by atoms with E-state index in [0.717, 1.165) is 45.5 Å². The van der Waals surface area contributed by atoms with E-state index in [4.69, 9.17) is 14.2 Å². The molecule has 116 valence electrons. The third-order valence-electron chi connectivity index (χ3n) is 4.57. The van der Waals surface area contributed by atoms with Gasteiger partial charge in [0.1, 0.15) is 0 Å². The van der Waals surface area contributed by atoms with E-state index in [0.29, 0.717) is 12.6 Å². The molecule has 2 heterocycles. The van der Waals surface area contributed by atoms with Crippen LogP contribution in [0.3, 0.4) is 0 Å². The average Bonchev–Trinajstić information content (AvgIpc) is 2.50. The van der Waals surface area contributed by atoms with Crippen molar-refractivity contribution >= 4 is 5.69 Å². The molecule has 2 aliphatic rings. The summed E-state index contributed by atoms with van der Waals surface area (Å²) in [7, 11) is 1.74. The third kappa shape index (κ3) is 3.57. The highest BCUT2D eigenvalue weighted by molar-refractivity contribution is 5.51. The van der Waals surface area contributed by atoms with Gasteiger partial charge in [0.15, 0.2) is 0 Å². The minimum absolute atomic E-state index is 0.0321. The van der Waals surface area contributed by atoms with Crippen molar-refractivity contribution in [2.24, 2.45) is 0 Å². The van der Waals surface area contributed by atoms with Crippen LogP contribution in [0.5, 0.6) is 0 Å². The molecule has 4 heteroatoms. The number of para-hydroxylation sites is 1. The second kappa shape index (κ2) is 6.77. The summed E-state index contributed by atoms with van der Waals surface area (Å²) < 4.78 is 16.9. The number of hydrogen-bond donors (Lipinski definition) is 1. The first-order valence-electron chi connectivity index (χ1n) is 7.86. The highest BCUT2D eigenvalue weighted by atomic mass is 16.5. The van der Waals surface area contributed by atoms with E-state index in [1.165, 1.54) is 11.3 Å². The Kier molecular flexibility index (Phi) is 4.78. The van der Waals surface area contributed by atoms with Crippen LogP contribution in [0, 0.1) is 0 Å². The van der Waals surface area contributed by atoms with Gasteiger partial charge in [0.2, 0.25) is 0 Å². The molecule has 1 aromatic rings. The molecule has 2 fully saturated rings. The first-order chi connectivity index (χ1) is 10.3. The molecule has 0 aliphatic carbocycles. The second-order valence-electron chi connectivity index (χ2n) is 6.07. The minimum atomic E-state index is 0.0321. The molecule has 1 N–H and O–H groups in total. The average molecular weight is 291 g/mol. The number of nitrogens with one attached hydrogen (secondary N) is 1. The smallest absolute Gasteiger partial charge is 0.0745 e. The summed E-state index contributed by atoms with van der Waals surface area (Å²) in [6.45, 7) is 3.13. The Labute approximate surface area is 126 Å². The van der Waals surface area contributed by atoms with Crippen LogP contribution in [-0.2, 0) is 20.8 Å². The SMILES string of the molecule is COCc1ccccc1NC1CCOC2(CCOCC2)C1. The van der Waals surface area contributed by atoms with Crippen LogP contribution in [-0.4, -0.2) is 38.6 Å². The van der Waals surface area contributed by atoms with E-state index in [1.54, 1.807) is 7.11 Å². The van der Waals surface area contributed by atoms with Crippen molar-refractivity contribution in [2.45, 2.75) is 43.9 Å². The van der Waals surface area contributed by atoms with E-state index in [9.17, 15) is 0 Å². The maximum Gasteiger partial charge on any atom is 0.0745 e. The Bertz CT molecular complexity index is 452. The van der Waals surface area contributed by atoms with Gasteiger partial charge in [-0.25, -0.2) is 0 Å². The Morgan fingerprint density at radius 1 is 1.24 bits per heavy atom. The van der Waals surface area contributed by atoms with Crippen molar-refractivity contribution in [1.82, 2.24) is 0 Å². The molecule has 3 rings (SSSR count). The summed E-state index contributed by atoms with van der Waals surface area (Å²) in [6, 6.07) is 8.86. The number of ether oxygens (including phenoxy) is 3. The summed E-state index contributed by atoms with van der Waals surface area (Å²) in [5.41, 5.74) is 2.44. The van der Waals surface area contributed by atoms with Crippen LogP contribution in [0.15, 0.2) is 24.3 Å². The first-order valence-corrected chi connectivity index (χ1v) is 7.86. The van der Waals surface area contributed by atoms with Crippen molar-refractivity contribution in [1.29, 1.82) is 0 Å². The lowest BCUT2D eigenvalue weighted by Crippen LogP contribution is -2.47. The van der Waals surface area contributed by atoms with Crippen LogP contribution in [0.1, 0.15) is 31.2 Å². The van der Waals surface area contributed by atoms with Gasteiger partial charge in [-0.1, -0.05) is 18.2 Å². The van der Waals surface area contributed by atoms with Gasteiger partial charge in [-0.15, -0.1) is 0 Å². The van der Waals surface area contributed by atoms with Gasteiger partial charge >= 0.3 is 0 Å². The molecule has 0 saturated carbocycles. The quantitative estimate of drug-likeness (QED) is 0.926. The molecule has 2 saturated heterocycles. The van der Waals surface area contributed by atoms with E-state index >= 15 is 0 Å². The molecule has 1 aromatic carbocycles. The van der Waals surface area contributed by atoms with Gasteiger partial charge in [-0.05, 0) is 31.7 Å². The summed E-state index contributed by atoms with van der Waals surface area (Å²) in [6.07, 6.45) is 4.16. The van der Waals surface area contributed by atoms with Gasteiger partial charge in [-0.2, -0.15) is 0 Å². The monoisotopic (exact) mass is 291 g/mol. The van der Waals surface area contributed by atoms with Crippen LogP contribution >= 0.6 is 0 Å². The standard InChI is InChI=1S/C17H25NO3/c1-19-13-14-4-2-3-5-16(14)18-15-6-9-21-17(12-15)7-10-20-11-8-17/h2-5,15,18H,6-13H2,1H3. The Morgan fingerprint density at radius 2 is 2.05 bits per heavy atom. The molecule has 0 amide bonds. The van der Waals surface area contributed by atoms with Gasteiger partial charge in [0.05, 0.1) is 12.2 Å². The van der Waals surface area contributed by atoms with Crippen LogP contribution in [0.25, 0.3) is 0 Å². The molecule has 21 heavy (non-hydrogen) atoms. The van der Waals surface area contributed by atoms with Crippen LogP contribution in [0.2, 0.25) is 0 Å². The molecule has 0 aromatic heterocycles. The number of anilines is 1. The van der Waals surface area contributed by atoms with E-state index in [2.05, 4.69) is 29.6 Å². The zero-order valence-corrected chi connectivity index (χ0v) is 12.8. The highest BCUT2D eigenvalue weighted by Gasteiger charge is 2.39. The largest absolute Gasteiger partial charge is 0.382 e. The summed E-state index contributed by atoms with van der Waals surface area (Å²) >= 11 is 0. The van der Waals surface area contributed by atoms with Crippen molar-refractivity contribution in [3.8, 4) is 0 Å². The topological polar surface area (TPSA) is 39.7 Å². The van der Waals surface area contributed by atoms with Crippen molar-refractivity contribution in [3.63, 3.8) is 0 Å². The van der Waals surface area contributed by atoms with E-state index < -0.39 is 0 Å². The predicted molar refractivity (Wildman–Crippen MR) is 82.5 cm³/mol. The normalized spacial score (nSPS) is 24.9. The molecular weight excluding hydrogens is 266 g/mol. The molecule has 2 aliphatic heterocycles. The zero-order valence-electron chi connectivity index (χ0n) is 12.8. The number of benzene rings is 1. The Hall–Kier alpha value is -1.10. The molecular formula is C17H25NO3. The van der Waals surface area contributed by atoms with Crippen molar-refractivity contribution in [3.05, 3.63) is 29.8 Å². The Balaban J connectivity index is 1.67. The molecule has 1 atom stereocenters. The maximum absolute atomic E-state index is 6.11. The van der Waals surface area contributed by atoms with E-state index in [-0.39, 0.29) is 5.60 Å². The van der Waals surface area contributed by atoms with Crippen LogP contribution < -0.4 is 5.32 Å². The van der Waals surface area contributed by atoms with E-state index in [1.807, 2.05) is 0 Å². The molecule has 1 unspecified atom stereocenters. The third-order valence-corrected chi connectivity index (χ3v) is 4.57. The predicted octanol–water partition coefficient (Wildman–Crippen LogP) is 2.97. The van der Waals surface area contributed by atoms with Crippen molar-refractivity contribution in [2.75, 3.05) is 32.2 Å². The molecule has 0 bridgehead atoms. The summed E-state index contributed by atoms with van der Waals surface area (Å²) in [4.78, 5) is 0. The molecule has 4 nitrogen and oxygen atoms in total. The zero-order chi connectivity index (χ0) is 14.5. The Morgan fingerprint density at radius 3 is 2.86 bits per heavy atom. The molecule has 0 radical (unpaired) electrons. The lowest BCUT2D eigenvalue weighted by atomic mass is 9.84. The van der Waals surface area contributed by atoms with Gasteiger partial charge in [0.25, 0.3) is 0 Å². The second-order valence-corrected chi connectivity index (χ2v) is 6.07. The first kappa shape index (κ1) is 14.8. The van der Waals surface area contributed by atoms with Gasteiger partial charge in [0, 0.05) is 44.2 Å². The summed E-state index contributed by atoms with van der Waals surface area (Å²) in [5.74, 6) is 0. The summed E-state index contributed by atoms with van der Waals surface area (Å²) in [5, 5.41) is 3.71. The number of hydrogen-bond acceptors (Lipinski definition) is 4. The fraction of sp³-hybridized carbons (Fsp3) is 0.647. The fourth-order valence-corrected chi connectivity index (χ4v) is 3.41. The van der Waals surface area contributed by atoms with Crippen molar-refractivity contribution < 1.29 is 14.2 Å². The number of rotatable bonds is 4. The maximum atomic E-state index is 6.11. The lowest BCUT2D eigenvalue weighted by molar-refractivity contribution is -0.135. The highest BCUT2D eigenvalue weighted by Crippen LogP contribution is 2.35.